The molecule has 0 unspecified atom stereocenters. The van der Waals surface area contributed by atoms with Crippen molar-refractivity contribution < 1.29 is 55.5 Å². The minimum Gasteiger partial charge on any atom is -0.394 e. The van der Waals surface area contributed by atoms with Gasteiger partial charge in [-0.15, -0.1) is 0 Å². The number of rotatable bonds is 10. The summed E-state index contributed by atoms with van der Waals surface area (Å²) in [4.78, 5) is 12.2. The molecule has 0 aliphatic rings. The maximum Gasteiger partial charge on any atom is 0.327 e. The van der Waals surface area contributed by atoms with E-state index < -0.39 is 39.1 Å². The quantitative estimate of drug-likeness (QED) is 0.129. The van der Waals surface area contributed by atoms with Crippen LogP contribution in [0.5, 0.6) is 0 Å². The number of ether oxygens (including phenoxy) is 1. The van der Waals surface area contributed by atoms with Gasteiger partial charge in [0.2, 0.25) is 0 Å². The number of amides is 2. The summed E-state index contributed by atoms with van der Waals surface area (Å²) in [6.07, 6.45) is -0.954. The highest BCUT2D eigenvalue weighted by molar-refractivity contribution is 5.73. The Labute approximate surface area is 145 Å². The molecule has 154 valence electrons. The molecule has 9 N–H and O–H groups in total. The number of urea groups is 1. The molecule has 0 atom stereocenters. The highest BCUT2D eigenvalue weighted by Gasteiger charge is 2.17. The zero-order valence-electron chi connectivity index (χ0n) is 13.9. The maximum absolute atomic E-state index is 11.0. The standard InChI is InChI=1S/C5H12N2O5.C4H10O3.C3H8O3/c8-1-6(2-9)5(12)7(3-10)4-11;5-1-3-7-4-2-6;4-1-3(6)2-5/h8-11H,1-4H2;5-6H,1-4H2;3-6H,1-2H2. The summed E-state index contributed by atoms with van der Waals surface area (Å²) in [5.41, 5.74) is 0. The molecule has 0 aliphatic heterocycles. The molecule has 0 saturated heterocycles. The van der Waals surface area contributed by atoms with E-state index in [0.29, 0.717) is 23.0 Å². The van der Waals surface area contributed by atoms with E-state index in [0.717, 1.165) is 0 Å². The normalized spacial score (nSPS) is 9.68. The van der Waals surface area contributed by atoms with Gasteiger partial charge in [-0.1, -0.05) is 0 Å². The molecule has 0 fully saturated rings. The van der Waals surface area contributed by atoms with E-state index in [4.69, 9.17) is 46.0 Å². The van der Waals surface area contributed by atoms with E-state index in [1.165, 1.54) is 0 Å². The third-order valence-corrected chi connectivity index (χ3v) is 2.12. The van der Waals surface area contributed by atoms with Crippen molar-refractivity contribution in [2.75, 3.05) is 66.6 Å². The molecule has 0 aromatic heterocycles. The first-order valence-corrected chi connectivity index (χ1v) is 7.10. The first-order valence-electron chi connectivity index (χ1n) is 7.10. The summed E-state index contributed by atoms with van der Waals surface area (Å²) in [6.45, 7) is -2.73. The van der Waals surface area contributed by atoms with Crippen LogP contribution in [0, 0.1) is 0 Å². The highest BCUT2D eigenvalue weighted by atomic mass is 16.5. The van der Waals surface area contributed by atoms with Crippen LogP contribution in [0.4, 0.5) is 4.79 Å². The van der Waals surface area contributed by atoms with Crippen molar-refractivity contribution in [1.82, 2.24) is 9.80 Å². The monoisotopic (exact) mass is 378 g/mol. The molecule has 13 heteroatoms. The number of hydrogen-bond acceptors (Lipinski definition) is 11. The summed E-state index contributed by atoms with van der Waals surface area (Å²) in [7, 11) is 0. The molecule has 0 bridgehead atoms. The van der Waals surface area contributed by atoms with E-state index in [1.54, 1.807) is 0 Å². The van der Waals surface area contributed by atoms with Crippen molar-refractivity contribution >= 4 is 6.03 Å². The maximum atomic E-state index is 11.0. The lowest BCUT2D eigenvalue weighted by Crippen LogP contribution is -2.44. The van der Waals surface area contributed by atoms with Crippen molar-refractivity contribution in [3.05, 3.63) is 0 Å². The van der Waals surface area contributed by atoms with Gasteiger partial charge in [-0.2, -0.15) is 0 Å². The number of carbonyl (C=O) groups excluding carboxylic acids is 1. The Morgan fingerprint density at radius 3 is 1.20 bits per heavy atom. The molecule has 0 aromatic rings. The molecule has 0 spiro atoms. The van der Waals surface area contributed by atoms with Gasteiger partial charge < -0.3 is 50.7 Å². The molecule has 25 heavy (non-hydrogen) atoms. The summed E-state index contributed by atoms with van der Waals surface area (Å²) >= 11 is 0. The van der Waals surface area contributed by atoms with E-state index in [1.807, 2.05) is 0 Å². The van der Waals surface area contributed by atoms with Gasteiger partial charge in [0.15, 0.2) is 0 Å². The fourth-order valence-electron chi connectivity index (χ4n) is 0.820. The molecule has 0 radical (unpaired) electrons. The van der Waals surface area contributed by atoms with Crippen molar-refractivity contribution in [3.8, 4) is 0 Å². The molecule has 13 nitrogen and oxygen atoms in total. The van der Waals surface area contributed by atoms with Gasteiger partial charge in [-0.25, -0.2) is 4.79 Å². The van der Waals surface area contributed by atoms with Crippen LogP contribution in [-0.4, -0.2) is 134 Å². The molecule has 0 saturated carbocycles. The topological polar surface area (TPSA) is 215 Å². The first kappa shape index (κ1) is 28.7. The van der Waals surface area contributed by atoms with Crippen molar-refractivity contribution in [3.63, 3.8) is 0 Å². The fourth-order valence-corrected chi connectivity index (χ4v) is 0.820. The molecule has 0 aromatic carbocycles. The van der Waals surface area contributed by atoms with E-state index in [2.05, 4.69) is 4.74 Å². The Morgan fingerprint density at radius 2 is 1.04 bits per heavy atom. The molecular formula is C12H30N2O11. The second kappa shape index (κ2) is 22.9. The van der Waals surface area contributed by atoms with Crippen LogP contribution >= 0.6 is 0 Å². The number of hydrogen-bond donors (Lipinski definition) is 9. The zero-order valence-corrected chi connectivity index (χ0v) is 13.9. The molecule has 0 heterocycles. The third kappa shape index (κ3) is 19.0. The fraction of sp³-hybridized carbons (Fsp3) is 0.917. The van der Waals surface area contributed by atoms with Crippen molar-refractivity contribution in [1.29, 1.82) is 0 Å². The number of aliphatic hydroxyl groups excluding tert-OH is 9. The Kier molecular flexibility index (Phi) is 26.2. The summed E-state index contributed by atoms with van der Waals surface area (Å²) in [6, 6.07) is -0.843. The van der Waals surface area contributed by atoms with Gasteiger partial charge in [0.05, 0.1) is 39.6 Å². The predicted octanol–water partition coefficient (Wildman–Crippen LogP) is -5.17. The average Bonchev–Trinajstić information content (AvgIpc) is 2.64. The second-order valence-electron chi connectivity index (χ2n) is 4.01. The lowest BCUT2D eigenvalue weighted by molar-refractivity contribution is 0.00246. The zero-order chi connectivity index (χ0) is 20.1. The molecular weight excluding hydrogens is 348 g/mol. The van der Waals surface area contributed by atoms with Gasteiger partial charge in [-0.05, 0) is 0 Å². The number of nitrogens with zero attached hydrogens (tertiary/aromatic N) is 2. The largest absolute Gasteiger partial charge is 0.394 e. The van der Waals surface area contributed by atoms with Crippen LogP contribution in [0.25, 0.3) is 0 Å². The van der Waals surface area contributed by atoms with Crippen LogP contribution in [0.2, 0.25) is 0 Å². The SMILES string of the molecule is O=C(N(CO)CO)N(CO)CO.OCC(O)CO.OCCOCCO. The van der Waals surface area contributed by atoms with E-state index in [-0.39, 0.29) is 26.4 Å². The van der Waals surface area contributed by atoms with Crippen LogP contribution in [-0.2, 0) is 4.74 Å². The summed E-state index contributed by atoms with van der Waals surface area (Å²) in [5.74, 6) is 0. The van der Waals surface area contributed by atoms with Crippen LogP contribution in [0.15, 0.2) is 0 Å². The lowest BCUT2D eigenvalue weighted by atomic mass is 10.4. The van der Waals surface area contributed by atoms with Crippen molar-refractivity contribution in [2.24, 2.45) is 0 Å². The average molecular weight is 378 g/mol. The smallest absolute Gasteiger partial charge is 0.327 e. The minimum atomic E-state index is -0.954. The van der Waals surface area contributed by atoms with Gasteiger partial charge in [0, 0.05) is 0 Å². The Hall–Kier alpha value is -1.13. The van der Waals surface area contributed by atoms with Gasteiger partial charge in [0.25, 0.3) is 0 Å². The highest BCUT2D eigenvalue weighted by Crippen LogP contribution is 1.94. The summed E-state index contributed by atoms with van der Waals surface area (Å²) < 4.78 is 4.63. The number of aliphatic hydroxyl groups is 9. The van der Waals surface area contributed by atoms with Gasteiger partial charge in [0.1, 0.15) is 33.0 Å². The molecule has 0 rings (SSSR count). The molecule has 0 aliphatic carbocycles. The molecule has 2 amide bonds. The first-order chi connectivity index (χ1) is 11.9. The third-order valence-electron chi connectivity index (χ3n) is 2.12. The van der Waals surface area contributed by atoms with Crippen LogP contribution in [0.1, 0.15) is 0 Å². The van der Waals surface area contributed by atoms with Gasteiger partial charge in [-0.3, -0.25) is 9.80 Å². The van der Waals surface area contributed by atoms with Crippen LogP contribution in [0.3, 0.4) is 0 Å². The summed E-state index contributed by atoms with van der Waals surface area (Å²) in [5, 5.41) is 74.2. The van der Waals surface area contributed by atoms with Crippen LogP contribution < -0.4 is 0 Å². The Bertz CT molecular complexity index is 243. The minimum absolute atomic E-state index is 0.0278. The number of carbonyl (C=O) groups is 1. The van der Waals surface area contributed by atoms with Crippen molar-refractivity contribution in [2.45, 2.75) is 6.10 Å². The Morgan fingerprint density at radius 1 is 0.720 bits per heavy atom. The second-order valence-corrected chi connectivity index (χ2v) is 4.01. The van der Waals surface area contributed by atoms with E-state index in [9.17, 15) is 4.79 Å². The van der Waals surface area contributed by atoms with Gasteiger partial charge >= 0.3 is 6.03 Å². The Balaban J connectivity index is -0.000000317. The lowest BCUT2D eigenvalue weighted by Gasteiger charge is -2.24. The predicted molar refractivity (Wildman–Crippen MR) is 82.6 cm³/mol. The van der Waals surface area contributed by atoms with E-state index >= 15 is 0 Å².